The third-order valence-corrected chi connectivity index (χ3v) is 9.91. The summed E-state index contributed by atoms with van der Waals surface area (Å²) in [6.45, 7) is 14.6. The number of nitrogens with zero attached hydrogens (tertiary/aromatic N) is 2. The van der Waals surface area contributed by atoms with Crippen molar-refractivity contribution < 1.29 is 9.22 Å². The Morgan fingerprint density at radius 1 is 1.14 bits per heavy atom. The number of aryl methyl sites for hydroxylation is 1. The fraction of sp³-hybridized carbons (Fsp3) is 0.476. The van der Waals surface area contributed by atoms with Crippen molar-refractivity contribution in [1.29, 1.82) is 0 Å². The molecule has 0 aliphatic carbocycles. The molecule has 2 rings (SSSR count). The van der Waals surface area contributed by atoms with Crippen LogP contribution >= 0.6 is 0 Å². The molecule has 7 heteroatoms. The summed E-state index contributed by atoms with van der Waals surface area (Å²) in [6.07, 6.45) is 1.28. The second kappa shape index (κ2) is 8.01. The first-order valence-corrected chi connectivity index (χ1v) is 12.4. The van der Waals surface area contributed by atoms with Gasteiger partial charge in [0.05, 0.1) is 12.6 Å². The van der Waals surface area contributed by atoms with Gasteiger partial charge in [-0.3, -0.25) is 14.2 Å². The topological polar surface area (TPSA) is 70.3 Å². The van der Waals surface area contributed by atoms with E-state index in [0.29, 0.717) is 15.7 Å². The van der Waals surface area contributed by atoms with Crippen LogP contribution in [0.2, 0.25) is 18.1 Å². The van der Waals surface area contributed by atoms with E-state index in [4.69, 9.17) is 4.43 Å². The molecule has 28 heavy (non-hydrogen) atoms. The molecule has 1 atom stereocenters. The van der Waals surface area contributed by atoms with E-state index < -0.39 is 25.5 Å². The van der Waals surface area contributed by atoms with Crippen molar-refractivity contribution in [3.05, 3.63) is 68.5 Å². The van der Waals surface area contributed by atoms with E-state index in [0.717, 1.165) is 0 Å². The van der Waals surface area contributed by atoms with Crippen LogP contribution in [0.3, 0.4) is 0 Å². The zero-order valence-electron chi connectivity index (χ0n) is 17.8. The molecule has 0 bridgehead atoms. The zero-order chi connectivity index (χ0) is 21.3. The average molecular weight is 403 g/mol. The zero-order valence-corrected chi connectivity index (χ0v) is 18.8. The van der Waals surface area contributed by atoms with Gasteiger partial charge in [-0.15, -0.1) is 0 Å². The van der Waals surface area contributed by atoms with Gasteiger partial charge in [0.15, 0.2) is 8.32 Å². The molecule has 0 amide bonds. The van der Waals surface area contributed by atoms with Crippen LogP contribution in [0.15, 0.2) is 46.1 Å². The molecular formula is C21H30N2O4Si. The summed E-state index contributed by atoms with van der Waals surface area (Å²) < 4.78 is 8.43. The largest absolute Gasteiger partial charge is 0.412 e. The predicted octanol–water partition coefficient (Wildman–Crippen LogP) is 3.42. The lowest BCUT2D eigenvalue weighted by Crippen LogP contribution is -2.47. The van der Waals surface area contributed by atoms with Crippen LogP contribution in [-0.2, 0) is 11.0 Å². The molecule has 0 aliphatic heterocycles. The van der Waals surface area contributed by atoms with Gasteiger partial charge in [0.25, 0.3) is 11.5 Å². The Morgan fingerprint density at radius 2 is 1.71 bits per heavy atom. The van der Waals surface area contributed by atoms with Gasteiger partial charge in [0.2, 0.25) is 0 Å². The second-order valence-electron chi connectivity index (χ2n) is 8.75. The van der Waals surface area contributed by atoms with Crippen molar-refractivity contribution in [2.75, 3.05) is 0 Å². The van der Waals surface area contributed by atoms with Crippen LogP contribution in [0.4, 0.5) is 0 Å². The molecule has 0 fully saturated rings. The smallest absolute Gasteiger partial charge is 0.338 e. The minimum absolute atomic E-state index is 0.0458. The van der Waals surface area contributed by atoms with Gasteiger partial charge in [-0.25, -0.2) is 4.79 Å². The fourth-order valence-electron chi connectivity index (χ4n) is 2.75. The SMILES string of the molecule is Cc1cn(CC(C)O[Si](C)(C)C(C)(C)C)c(=O)n(C(=O)c2ccccc2)c1=O. The maximum Gasteiger partial charge on any atom is 0.338 e. The third kappa shape index (κ3) is 4.59. The van der Waals surface area contributed by atoms with Crippen molar-refractivity contribution in [1.82, 2.24) is 9.13 Å². The van der Waals surface area contributed by atoms with Crippen molar-refractivity contribution in [3.63, 3.8) is 0 Å². The van der Waals surface area contributed by atoms with Crippen molar-refractivity contribution in [2.24, 2.45) is 0 Å². The molecule has 1 unspecified atom stereocenters. The molecule has 6 nitrogen and oxygen atoms in total. The predicted molar refractivity (Wildman–Crippen MR) is 114 cm³/mol. The Balaban J connectivity index is 2.40. The minimum Gasteiger partial charge on any atom is -0.412 e. The summed E-state index contributed by atoms with van der Waals surface area (Å²) in [5.41, 5.74) is -0.601. The van der Waals surface area contributed by atoms with Crippen LogP contribution in [-0.4, -0.2) is 29.5 Å². The number of carbonyl (C=O) groups is 1. The fourth-order valence-corrected chi connectivity index (χ4v) is 4.18. The van der Waals surface area contributed by atoms with Crippen molar-refractivity contribution >= 4 is 14.2 Å². The molecule has 0 spiro atoms. The van der Waals surface area contributed by atoms with Crippen LogP contribution in [0, 0.1) is 6.92 Å². The van der Waals surface area contributed by atoms with Gasteiger partial charge >= 0.3 is 5.69 Å². The van der Waals surface area contributed by atoms with Gasteiger partial charge in [0, 0.05) is 17.3 Å². The number of hydrogen-bond acceptors (Lipinski definition) is 4. The van der Waals surface area contributed by atoms with Crippen molar-refractivity contribution in [3.8, 4) is 0 Å². The van der Waals surface area contributed by atoms with E-state index >= 15 is 0 Å². The molecule has 1 heterocycles. The first-order chi connectivity index (χ1) is 12.8. The van der Waals surface area contributed by atoms with Gasteiger partial charge in [-0.05, 0) is 44.1 Å². The number of hydrogen-bond donors (Lipinski definition) is 0. The molecule has 0 radical (unpaired) electrons. The van der Waals surface area contributed by atoms with E-state index in [-0.39, 0.29) is 17.7 Å². The highest BCUT2D eigenvalue weighted by molar-refractivity contribution is 6.74. The monoisotopic (exact) mass is 402 g/mol. The summed E-state index contributed by atoms with van der Waals surface area (Å²) in [4.78, 5) is 38.2. The van der Waals surface area contributed by atoms with E-state index in [9.17, 15) is 14.4 Å². The Morgan fingerprint density at radius 3 is 2.25 bits per heavy atom. The number of carbonyl (C=O) groups excluding carboxylic acids is 1. The van der Waals surface area contributed by atoms with Crippen LogP contribution in [0.25, 0.3) is 0 Å². The molecule has 0 aliphatic rings. The van der Waals surface area contributed by atoms with Gasteiger partial charge in [-0.2, -0.15) is 4.57 Å². The maximum absolute atomic E-state index is 12.9. The first kappa shape index (κ1) is 22.0. The lowest BCUT2D eigenvalue weighted by atomic mass is 10.2. The van der Waals surface area contributed by atoms with Crippen LogP contribution in [0.5, 0.6) is 0 Å². The van der Waals surface area contributed by atoms with E-state index in [1.165, 1.54) is 10.8 Å². The van der Waals surface area contributed by atoms with Gasteiger partial charge in [-0.1, -0.05) is 39.0 Å². The molecule has 0 saturated heterocycles. The summed E-state index contributed by atoms with van der Waals surface area (Å²) in [6, 6.07) is 8.34. The maximum atomic E-state index is 12.9. The average Bonchev–Trinajstić information content (AvgIpc) is 2.59. The highest BCUT2D eigenvalue weighted by Crippen LogP contribution is 2.37. The minimum atomic E-state index is -2.00. The molecule has 0 saturated carbocycles. The molecule has 2 aromatic rings. The second-order valence-corrected chi connectivity index (χ2v) is 13.5. The lowest BCUT2D eigenvalue weighted by molar-refractivity contribution is 0.0945. The van der Waals surface area contributed by atoms with Crippen molar-refractivity contribution in [2.45, 2.75) is 65.4 Å². The Kier molecular flexibility index (Phi) is 6.30. The summed E-state index contributed by atoms with van der Waals surface area (Å²) in [7, 11) is -2.00. The number of rotatable bonds is 5. The van der Waals surface area contributed by atoms with Gasteiger partial charge < -0.3 is 4.43 Å². The van der Waals surface area contributed by atoms with Crippen LogP contribution in [0.1, 0.15) is 43.6 Å². The number of benzene rings is 1. The first-order valence-electron chi connectivity index (χ1n) is 9.46. The molecule has 1 aromatic carbocycles. The molecule has 152 valence electrons. The van der Waals surface area contributed by atoms with E-state index in [1.54, 1.807) is 37.3 Å². The standard InChI is InChI=1S/C21H30N2O4Si/c1-15-13-22(14-16(2)27-28(6,7)21(3,4)5)20(26)23(18(15)24)19(25)17-11-9-8-10-12-17/h8-13,16H,14H2,1-7H3. The summed E-state index contributed by atoms with van der Waals surface area (Å²) in [5, 5.41) is 0.0458. The Hall–Kier alpha value is -2.25. The molecule has 1 aromatic heterocycles. The summed E-state index contributed by atoms with van der Waals surface area (Å²) >= 11 is 0. The molecular weight excluding hydrogens is 372 g/mol. The number of aromatic nitrogens is 2. The highest BCUT2D eigenvalue weighted by Gasteiger charge is 2.38. The summed E-state index contributed by atoms with van der Waals surface area (Å²) in [5.74, 6) is -0.619. The highest BCUT2D eigenvalue weighted by atomic mass is 28.4. The Labute approximate surface area is 166 Å². The normalized spacial score (nSPS) is 13.4. The molecule has 0 N–H and O–H groups in total. The van der Waals surface area contributed by atoms with Crippen LogP contribution < -0.4 is 11.2 Å². The van der Waals surface area contributed by atoms with E-state index in [1.807, 2.05) is 6.92 Å². The Bertz CT molecular complexity index is 969. The van der Waals surface area contributed by atoms with E-state index in [2.05, 4.69) is 33.9 Å². The quantitative estimate of drug-likeness (QED) is 0.719. The lowest BCUT2D eigenvalue weighted by Gasteiger charge is -2.38. The van der Waals surface area contributed by atoms with Gasteiger partial charge in [0.1, 0.15) is 0 Å². The third-order valence-electron chi connectivity index (χ3n) is 5.31.